The Bertz CT molecular complexity index is 777. The standard InChI is InChI=1S/C27H50BClO5Si/c1-24(2,3)31-22(30)16-19(33-35(10,11)25(4,5)6)13-12-14-21(29)28-32-23-20-15-18(26(20,7)8)17-27(23,9)34-28/h18-21,23H,12-17H2,1-11H3/t18-,19?,20+,21-,23-,27+/m1/s1. The number of halogens is 1. The van der Waals surface area contributed by atoms with E-state index in [-0.39, 0.29) is 47.6 Å². The highest BCUT2D eigenvalue weighted by Crippen LogP contribution is 2.64. The largest absolute Gasteiger partial charge is 0.476 e. The normalized spacial score (nSPS) is 32.0. The molecule has 202 valence electrons. The fourth-order valence-corrected chi connectivity index (χ4v) is 7.59. The van der Waals surface area contributed by atoms with Gasteiger partial charge in [-0.2, -0.15) is 0 Å². The van der Waals surface area contributed by atoms with Crippen molar-refractivity contribution in [2.24, 2.45) is 17.3 Å². The molecule has 0 amide bonds. The lowest BCUT2D eigenvalue weighted by atomic mass is 9.45. The van der Waals surface area contributed by atoms with Crippen LogP contribution in [0, 0.1) is 17.3 Å². The van der Waals surface area contributed by atoms with E-state index in [1.807, 2.05) is 20.8 Å². The van der Waals surface area contributed by atoms with Crippen molar-refractivity contribution in [3.8, 4) is 0 Å². The van der Waals surface area contributed by atoms with E-state index in [2.05, 4.69) is 54.6 Å². The van der Waals surface area contributed by atoms with Gasteiger partial charge in [0.2, 0.25) is 0 Å². The van der Waals surface area contributed by atoms with Gasteiger partial charge < -0.3 is 18.5 Å². The van der Waals surface area contributed by atoms with Crippen molar-refractivity contribution in [1.29, 1.82) is 0 Å². The van der Waals surface area contributed by atoms with Gasteiger partial charge >= 0.3 is 13.1 Å². The first-order chi connectivity index (χ1) is 15.8. The monoisotopic (exact) mass is 528 g/mol. The summed E-state index contributed by atoms with van der Waals surface area (Å²) in [4.78, 5) is 12.6. The van der Waals surface area contributed by atoms with Gasteiger partial charge in [-0.05, 0) is 95.2 Å². The zero-order chi connectivity index (χ0) is 26.6. The molecule has 3 aliphatic carbocycles. The minimum Gasteiger partial charge on any atom is -0.460 e. The molecule has 0 N–H and O–H groups in total. The number of alkyl halides is 1. The Kier molecular flexibility index (Phi) is 8.34. The van der Waals surface area contributed by atoms with Gasteiger partial charge in [0.25, 0.3) is 0 Å². The second kappa shape index (κ2) is 9.91. The van der Waals surface area contributed by atoms with Crippen LogP contribution in [0.5, 0.6) is 0 Å². The summed E-state index contributed by atoms with van der Waals surface area (Å²) in [7, 11) is -2.40. The predicted octanol–water partition coefficient (Wildman–Crippen LogP) is 7.15. The molecule has 0 aromatic carbocycles. The van der Waals surface area contributed by atoms with Gasteiger partial charge in [-0.1, -0.05) is 34.6 Å². The van der Waals surface area contributed by atoms with Crippen molar-refractivity contribution in [2.75, 3.05) is 0 Å². The van der Waals surface area contributed by atoms with Crippen LogP contribution >= 0.6 is 11.6 Å². The molecule has 35 heavy (non-hydrogen) atoms. The molecule has 6 atom stereocenters. The summed E-state index contributed by atoms with van der Waals surface area (Å²) in [5, 5.41) is -0.146. The van der Waals surface area contributed by atoms with Crippen LogP contribution in [0.25, 0.3) is 0 Å². The molecule has 0 aromatic heterocycles. The number of esters is 1. The van der Waals surface area contributed by atoms with Crippen LogP contribution in [-0.4, -0.2) is 50.1 Å². The maximum absolute atomic E-state index is 12.6. The molecule has 4 aliphatic rings. The van der Waals surface area contributed by atoms with Crippen LogP contribution in [0.3, 0.4) is 0 Å². The van der Waals surface area contributed by atoms with Gasteiger partial charge in [0.15, 0.2) is 8.32 Å². The van der Waals surface area contributed by atoms with E-state index in [4.69, 9.17) is 30.1 Å². The molecule has 4 fully saturated rings. The maximum atomic E-state index is 12.6. The van der Waals surface area contributed by atoms with Crippen molar-refractivity contribution in [1.82, 2.24) is 0 Å². The molecule has 1 saturated heterocycles. The van der Waals surface area contributed by atoms with Crippen LogP contribution in [0.1, 0.15) is 101 Å². The van der Waals surface area contributed by atoms with Gasteiger partial charge in [-0.25, -0.2) is 0 Å². The third kappa shape index (κ3) is 6.50. The molecule has 1 aliphatic heterocycles. The molecule has 0 radical (unpaired) electrons. The van der Waals surface area contributed by atoms with Gasteiger partial charge in [-0.3, -0.25) is 4.79 Å². The van der Waals surface area contributed by atoms with Gasteiger partial charge in [0.05, 0.1) is 29.5 Å². The highest BCUT2D eigenvalue weighted by atomic mass is 35.5. The smallest absolute Gasteiger partial charge is 0.460 e. The maximum Gasteiger partial charge on any atom is 0.476 e. The molecule has 1 heterocycles. The Morgan fingerprint density at radius 3 is 2.31 bits per heavy atom. The molecule has 0 aromatic rings. The third-order valence-corrected chi connectivity index (χ3v) is 14.2. The molecule has 4 rings (SSSR count). The van der Waals surface area contributed by atoms with Crippen molar-refractivity contribution < 1.29 is 23.3 Å². The van der Waals surface area contributed by atoms with E-state index in [1.165, 1.54) is 6.42 Å². The topological polar surface area (TPSA) is 54.0 Å². The predicted molar refractivity (Wildman–Crippen MR) is 146 cm³/mol. The summed E-state index contributed by atoms with van der Waals surface area (Å²) >= 11 is 6.85. The number of rotatable bonds is 9. The van der Waals surface area contributed by atoms with Gasteiger partial charge in [0.1, 0.15) is 5.60 Å². The average Bonchev–Trinajstić information content (AvgIpc) is 3.02. The quantitative estimate of drug-likeness (QED) is 0.181. The summed E-state index contributed by atoms with van der Waals surface area (Å²) in [6.07, 6.45) is 4.90. The molecule has 3 saturated carbocycles. The summed E-state index contributed by atoms with van der Waals surface area (Å²) in [6, 6.07) is 0. The Hall–Kier alpha value is -0.0782. The van der Waals surface area contributed by atoms with E-state index in [9.17, 15) is 4.79 Å². The van der Waals surface area contributed by atoms with Crippen molar-refractivity contribution in [2.45, 2.75) is 148 Å². The third-order valence-electron chi connectivity index (χ3n) is 9.21. The van der Waals surface area contributed by atoms with Crippen LogP contribution in [0.15, 0.2) is 0 Å². The number of carbonyl (C=O) groups excluding carboxylic acids is 1. The summed E-state index contributed by atoms with van der Waals surface area (Å²) in [5.74, 6) is 1.06. The van der Waals surface area contributed by atoms with Gasteiger partial charge in [-0.15, -0.1) is 11.6 Å². The lowest BCUT2D eigenvalue weighted by molar-refractivity contribution is -0.185. The summed E-state index contributed by atoms with van der Waals surface area (Å²) in [5.41, 5.74) is -0.384. The molecule has 2 bridgehead atoms. The van der Waals surface area contributed by atoms with E-state index < -0.39 is 13.9 Å². The first kappa shape index (κ1) is 29.5. The van der Waals surface area contributed by atoms with Crippen LogP contribution < -0.4 is 0 Å². The van der Waals surface area contributed by atoms with Crippen molar-refractivity contribution in [3.63, 3.8) is 0 Å². The Morgan fingerprint density at radius 2 is 1.77 bits per heavy atom. The Morgan fingerprint density at radius 1 is 1.14 bits per heavy atom. The van der Waals surface area contributed by atoms with Crippen molar-refractivity contribution >= 4 is 33.0 Å². The van der Waals surface area contributed by atoms with Crippen LogP contribution in [0.2, 0.25) is 18.1 Å². The highest BCUT2D eigenvalue weighted by Gasteiger charge is 2.67. The highest BCUT2D eigenvalue weighted by molar-refractivity contribution is 6.74. The first-order valence-electron chi connectivity index (χ1n) is 13.6. The average molecular weight is 529 g/mol. The molecule has 1 unspecified atom stereocenters. The van der Waals surface area contributed by atoms with Crippen LogP contribution in [0.4, 0.5) is 0 Å². The molecule has 5 nitrogen and oxygen atoms in total. The Balaban J connectivity index is 1.56. The lowest BCUT2D eigenvalue weighted by Gasteiger charge is -2.63. The number of carbonyl (C=O) groups is 1. The van der Waals surface area contributed by atoms with Gasteiger partial charge in [0, 0.05) is 0 Å². The summed E-state index contributed by atoms with van der Waals surface area (Å²) < 4.78 is 25.2. The van der Waals surface area contributed by atoms with E-state index in [0.717, 1.165) is 25.7 Å². The van der Waals surface area contributed by atoms with E-state index in [1.54, 1.807) is 0 Å². The first-order valence-corrected chi connectivity index (χ1v) is 17.0. The summed E-state index contributed by atoms with van der Waals surface area (Å²) in [6.45, 7) is 23.8. The molecule has 0 spiro atoms. The molecular weight excluding hydrogens is 479 g/mol. The minimum absolute atomic E-state index is 0.0694. The minimum atomic E-state index is -2.03. The van der Waals surface area contributed by atoms with Crippen LogP contribution in [-0.2, 0) is 23.3 Å². The lowest BCUT2D eigenvalue weighted by Crippen LogP contribution is -2.63. The van der Waals surface area contributed by atoms with E-state index in [0.29, 0.717) is 17.3 Å². The van der Waals surface area contributed by atoms with Crippen molar-refractivity contribution in [3.05, 3.63) is 0 Å². The number of ether oxygens (including phenoxy) is 1. The molecule has 8 heteroatoms. The second-order valence-corrected chi connectivity index (χ2v) is 20.0. The fourth-order valence-electron chi connectivity index (χ4n) is 5.94. The Labute approximate surface area is 221 Å². The molecular formula is C27H50BClO5Si. The zero-order valence-electron chi connectivity index (χ0n) is 24.1. The SMILES string of the molecule is CC(C)(C)OC(=O)CC(CCC[C@@H](Cl)B1O[C@@H]2[C@@H]3C[C@H](C[C@]2(C)O1)C3(C)C)O[Si](C)(C)C(C)(C)C. The fraction of sp³-hybridized carbons (Fsp3) is 0.963. The van der Waals surface area contributed by atoms with E-state index >= 15 is 0 Å². The second-order valence-electron chi connectivity index (χ2n) is 14.7. The number of hydrogen-bond acceptors (Lipinski definition) is 5. The number of hydrogen-bond donors (Lipinski definition) is 0. The zero-order valence-corrected chi connectivity index (χ0v) is 25.9.